The SMILES string of the molecule is CCCn1cc(CNCCc2ncn[nH]2)cn1. The van der Waals surface area contributed by atoms with Crippen molar-refractivity contribution in [2.45, 2.75) is 32.9 Å². The topological polar surface area (TPSA) is 71.4 Å². The number of aromatic nitrogens is 5. The molecule has 0 aliphatic rings. The molecule has 0 spiro atoms. The van der Waals surface area contributed by atoms with Gasteiger partial charge in [0.2, 0.25) is 0 Å². The smallest absolute Gasteiger partial charge is 0.137 e. The lowest BCUT2D eigenvalue weighted by Gasteiger charge is -2.00. The molecule has 2 rings (SSSR count). The fourth-order valence-corrected chi connectivity index (χ4v) is 1.64. The molecule has 0 amide bonds. The molecular weight excluding hydrogens is 216 g/mol. The third-order valence-corrected chi connectivity index (χ3v) is 2.47. The van der Waals surface area contributed by atoms with Crippen molar-refractivity contribution in [1.29, 1.82) is 0 Å². The first kappa shape index (κ1) is 11.8. The normalized spacial score (nSPS) is 10.9. The van der Waals surface area contributed by atoms with Crippen molar-refractivity contribution < 1.29 is 0 Å². The first-order chi connectivity index (χ1) is 8.38. The van der Waals surface area contributed by atoms with Gasteiger partial charge in [-0.3, -0.25) is 9.78 Å². The van der Waals surface area contributed by atoms with Crippen LogP contribution in [-0.4, -0.2) is 31.5 Å². The van der Waals surface area contributed by atoms with Crippen molar-refractivity contribution in [1.82, 2.24) is 30.3 Å². The summed E-state index contributed by atoms with van der Waals surface area (Å²) in [6.07, 6.45) is 7.51. The van der Waals surface area contributed by atoms with Crippen LogP contribution in [0.5, 0.6) is 0 Å². The van der Waals surface area contributed by atoms with Gasteiger partial charge >= 0.3 is 0 Å². The van der Waals surface area contributed by atoms with Crippen LogP contribution in [0.25, 0.3) is 0 Å². The van der Waals surface area contributed by atoms with Gasteiger partial charge in [-0.1, -0.05) is 6.92 Å². The third kappa shape index (κ3) is 3.67. The zero-order valence-corrected chi connectivity index (χ0v) is 10.1. The molecule has 2 N–H and O–H groups in total. The number of nitrogens with one attached hydrogen (secondary N) is 2. The van der Waals surface area contributed by atoms with Crippen LogP contribution in [0.1, 0.15) is 24.7 Å². The highest BCUT2D eigenvalue weighted by atomic mass is 15.3. The van der Waals surface area contributed by atoms with E-state index < -0.39 is 0 Å². The monoisotopic (exact) mass is 234 g/mol. The lowest BCUT2D eigenvalue weighted by Crippen LogP contribution is -2.16. The Hall–Kier alpha value is -1.69. The van der Waals surface area contributed by atoms with Gasteiger partial charge in [0.15, 0.2) is 0 Å². The van der Waals surface area contributed by atoms with E-state index in [0.717, 1.165) is 38.3 Å². The molecule has 0 aliphatic carbocycles. The number of H-pyrrole nitrogens is 1. The van der Waals surface area contributed by atoms with E-state index >= 15 is 0 Å². The maximum absolute atomic E-state index is 4.28. The molecule has 6 heteroatoms. The van der Waals surface area contributed by atoms with Crippen molar-refractivity contribution in [3.63, 3.8) is 0 Å². The molecular formula is C11H18N6. The molecule has 0 bridgehead atoms. The van der Waals surface area contributed by atoms with Crippen LogP contribution in [0.4, 0.5) is 0 Å². The molecule has 0 atom stereocenters. The fraction of sp³-hybridized carbons (Fsp3) is 0.545. The number of aryl methyl sites for hydroxylation is 1. The molecule has 0 fully saturated rings. The number of hydrogen-bond donors (Lipinski definition) is 2. The predicted octanol–water partition coefficient (Wildman–Crippen LogP) is 0.743. The second kappa shape index (κ2) is 6.15. The van der Waals surface area contributed by atoms with Gasteiger partial charge in [0, 0.05) is 37.8 Å². The van der Waals surface area contributed by atoms with Crippen LogP contribution in [0, 0.1) is 0 Å². The van der Waals surface area contributed by atoms with E-state index in [1.165, 1.54) is 11.9 Å². The molecule has 0 saturated carbocycles. The van der Waals surface area contributed by atoms with Crippen molar-refractivity contribution in [2.24, 2.45) is 0 Å². The van der Waals surface area contributed by atoms with E-state index in [2.05, 4.69) is 38.7 Å². The zero-order valence-electron chi connectivity index (χ0n) is 10.1. The summed E-state index contributed by atoms with van der Waals surface area (Å²) < 4.78 is 1.98. The number of nitrogens with zero attached hydrogens (tertiary/aromatic N) is 4. The molecule has 0 unspecified atom stereocenters. The van der Waals surface area contributed by atoms with Crippen molar-refractivity contribution in [3.05, 3.63) is 30.1 Å². The Labute approximate surface area is 100 Å². The summed E-state index contributed by atoms with van der Waals surface area (Å²) in [7, 11) is 0. The minimum Gasteiger partial charge on any atom is -0.312 e. The van der Waals surface area contributed by atoms with Gasteiger partial charge in [-0.25, -0.2) is 4.98 Å². The Morgan fingerprint density at radius 1 is 1.47 bits per heavy atom. The molecule has 0 radical (unpaired) electrons. The van der Waals surface area contributed by atoms with Gasteiger partial charge in [-0.05, 0) is 6.42 Å². The van der Waals surface area contributed by atoms with Crippen LogP contribution in [0.15, 0.2) is 18.7 Å². The Bertz CT molecular complexity index is 419. The molecule has 2 heterocycles. The summed E-state index contributed by atoms with van der Waals surface area (Å²) >= 11 is 0. The molecule has 92 valence electrons. The Balaban J connectivity index is 1.67. The highest BCUT2D eigenvalue weighted by Gasteiger charge is 1.98. The Morgan fingerprint density at radius 2 is 2.41 bits per heavy atom. The van der Waals surface area contributed by atoms with Crippen LogP contribution >= 0.6 is 0 Å². The van der Waals surface area contributed by atoms with Crippen molar-refractivity contribution >= 4 is 0 Å². The van der Waals surface area contributed by atoms with E-state index in [4.69, 9.17) is 0 Å². The average molecular weight is 234 g/mol. The van der Waals surface area contributed by atoms with Crippen molar-refractivity contribution in [3.8, 4) is 0 Å². The van der Waals surface area contributed by atoms with Crippen LogP contribution in [0.3, 0.4) is 0 Å². The number of rotatable bonds is 7. The van der Waals surface area contributed by atoms with Gasteiger partial charge in [0.05, 0.1) is 6.20 Å². The molecule has 0 aromatic carbocycles. The van der Waals surface area contributed by atoms with E-state index in [9.17, 15) is 0 Å². The van der Waals surface area contributed by atoms with E-state index in [0.29, 0.717) is 0 Å². The van der Waals surface area contributed by atoms with Crippen LogP contribution < -0.4 is 5.32 Å². The Kier molecular flexibility index (Phi) is 4.26. The lowest BCUT2D eigenvalue weighted by molar-refractivity contribution is 0.601. The summed E-state index contributed by atoms with van der Waals surface area (Å²) in [6.45, 7) is 4.86. The van der Waals surface area contributed by atoms with Gasteiger partial charge in [-0.2, -0.15) is 10.2 Å². The second-order valence-electron chi connectivity index (χ2n) is 3.97. The molecule has 0 aliphatic heterocycles. The molecule has 6 nitrogen and oxygen atoms in total. The minimum atomic E-state index is 0.845. The summed E-state index contributed by atoms with van der Waals surface area (Å²) in [5.74, 6) is 0.916. The highest BCUT2D eigenvalue weighted by molar-refractivity contribution is 5.03. The van der Waals surface area contributed by atoms with Crippen molar-refractivity contribution in [2.75, 3.05) is 6.54 Å². The van der Waals surface area contributed by atoms with Gasteiger partial charge in [0.1, 0.15) is 12.2 Å². The first-order valence-electron chi connectivity index (χ1n) is 5.94. The summed E-state index contributed by atoms with van der Waals surface area (Å²) in [6, 6.07) is 0. The quantitative estimate of drug-likeness (QED) is 0.693. The summed E-state index contributed by atoms with van der Waals surface area (Å²) in [5.41, 5.74) is 1.22. The van der Waals surface area contributed by atoms with E-state index in [-0.39, 0.29) is 0 Å². The van der Waals surface area contributed by atoms with Crippen LogP contribution in [-0.2, 0) is 19.5 Å². The summed E-state index contributed by atoms with van der Waals surface area (Å²) in [4.78, 5) is 4.07. The average Bonchev–Trinajstić information content (AvgIpc) is 2.96. The minimum absolute atomic E-state index is 0.845. The van der Waals surface area contributed by atoms with E-state index in [1.807, 2.05) is 10.9 Å². The maximum Gasteiger partial charge on any atom is 0.137 e. The standard InChI is InChI=1S/C11H18N6/c1-2-5-17-8-10(7-15-17)6-12-4-3-11-13-9-14-16-11/h7-9,12H,2-6H2,1H3,(H,13,14,16). The highest BCUT2D eigenvalue weighted by Crippen LogP contribution is 1.98. The molecule has 2 aromatic heterocycles. The number of hydrogen-bond acceptors (Lipinski definition) is 4. The zero-order chi connectivity index (χ0) is 11.9. The fourth-order valence-electron chi connectivity index (χ4n) is 1.64. The van der Waals surface area contributed by atoms with Gasteiger partial charge in [0.25, 0.3) is 0 Å². The van der Waals surface area contributed by atoms with Gasteiger partial charge in [-0.15, -0.1) is 0 Å². The number of aromatic amines is 1. The van der Waals surface area contributed by atoms with Crippen LogP contribution in [0.2, 0.25) is 0 Å². The maximum atomic E-state index is 4.28. The molecule has 0 saturated heterocycles. The first-order valence-corrected chi connectivity index (χ1v) is 5.94. The van der Waals surface area contributed by atoms with E-state index in [1.54, 1.807) is 0 Å². The molecule has 17 heavy (non-hydrogen) atoms. The largest absolute Gasteiger partial charge is 0.312 e. The molecule has 2 aromatic rings. The summed E-state index contributed by atoms with van der Waals surface area (Å²) in [5, 5.41) is 14.3. The Morgan fingerprint density at radius 3 is 3.18 bits per heavy atom. The van der Waals surface area contributed by atoms with Gasteiger partial charge < -0.3 is 5.32 Å². The lowest BCUT2D eigenvalue weighted by atomic mass is 10.3. The predicted molar refractivity (Wildman–Crippen MR) is 64.3 cm³/mol. The second-order valence-corrected chi connectivity index (χ2v) is 3.97. The third-order valence-electron chi connectivity index (χ3n) is 2.47.